The van der Waals surface area contributed by atoms with Gasteiger partial charge in [0.1, 0.15) is 29.0 Å². The first-order valence-corrected chi connectivity index (χ1v) is 13.1. The number of hydrogen-bond donors (Lipinski definition) is 1. The monoisotopic (exact) mass is 534 g/mol. The minimum Gasteiger partial charge on any atom is -0.497 e. The number of rotatable bonds is 15. The molecule has 39 heavy (non-hydrogen) atoms. The maximum Gasteiger partial charge on any atom is 0.261 e. The van der Waals surface area contributed by atoms with Crippen LogP contribution < -0.4 is 24.3 Å². The van der Waals surface area contributed by atoms with E-state index >= 15 is 0 Å². The van der Waals surface area contributed by atoms with Gasteiger partial charge in [-0.2, -0.15) is 0 Å². The molecular formula is C31H38N2O6. The number of amides is 2. The number of nitrogens with zero attached hydrogens (tertiary/aromatic N) is 1. The molecule has 0 fully saturated rings. The summed E-state index contributed by atoms with van der Waals surface area (Å²) in [5.74, 6) is 1.65. The van der Waals surface area contributed by atoms with Crippen molar-refractivity contribution in [1.82, 2.24) is 10.2 Å². The third kappa shape index (κ3) is 8.95. The Hall–Kier alpha value is -4.20. The van der Waals surface area contributed by atoms with Crippen LogP contribution in [0.25, 0.3) is 0 Å². The van der Waals surface area contributed by atoms with Crippen molar-refractivity contribution >= 4 is 11.8 Å². The van der Waals surface area contributed by atoms with Crippen LogP contribution in [0.1, 0.15) is 30.9 Å². The van der Waals surface area contributed by atoms with E-state index in [2.05, 4.69) is 12.2 Å². The van der Waals surface area contributed by atoms with Gasteiger partial charge in [0.25, 0.3) is 5.91 Å². The molecule has 3 aromatic rings. The van der Waals surface area contributed by atoms with E-state index in [9.17, 15) is 9.59 Å². The van der Waals surface area contributed by atoms with Gasteiger partial charge in [-0.3, -0.25) is 9.59 Å². The zero-order valence-electron chi connectivity index (χ0n) is 23.1. The van der Waals surface area contributed by atoms with Crippen LogP contribution in [-0.2, 0) is 22.6 Å². The second-order valence-electron chi connectivity index (χ2n) is 9.06. The minimum atomic E-state index is -0.744. The standard InChI is InChI=1S/C31H38N2O6/c1-5-6-15-32-31(35)29(17-23-11-8-7-9-12-23)33(21-24-13-10-14-25(16-24)36-2)30(34)22-39-28-19-26(37-3)18-27(20-28)38-4/h7-14,16,18-20,29H,5-6,15,17,21-22H2,1-4H3,(H,32,35). The topological polar surface area (TPSA) is 86.3 Å². The molecule has 2 amide bonds. The van der Waals surface area contributed by atoms with Crippen molar-refractivity contribution in [2.24, 2.45) is 0 Å². The lowest BCUT2D eigenvalue weighted by atomic mass is 10.0. The number of unbranched alkanes of at least 4 members (excludes halogenated alkanes) is 1. The van der Waals surface area contributed by atoms with E-state index in [1.54, 1.807) is 44.4 Å². The largest absolute Gasteiger partial charge is 0.497 e. The first-order chi connectivity index (χ1) is 19.0. The summed E-state index contributed by atoms with van der Waals surface area (Å²) in [6.07, 6.45) is 2.17. The molecule has 0 bridgehead atoms. The molecule has 0 aliphatic carbocycles. The van der Waals surface area contributed by atoms with Crippen LogP contribution in [0.2, 0.25) is 0 Å². The molecule has 8 heteroatoms. The summed E-state index contributed by atoms with van der Waals surface area (Å²) >= 11 is 0. The number of benzene rings is 3. The Balaban J connectivity index is 1.92. The summed E-state index contributed by atoms with van der Waals surface area (Å²) in [4.78, 5) is 28.9. The molecule has 0 heterocycles. The molecule has 0 aromatic heterocycles. The first-order valence-electron chi connectivity index (χ1n) is 13.1. The number of nitrogens with one attached hydrogen (secondary N) is 1. The first kappa shape index (κ1) is 29.4. The zero-order chi connectivity index (χ0) is 28.0. The van der Waals surface area contributed by atoms with Gasteiger partial charge in [-0.05, 0) is 29.7 Å². The van der Waals surface area contributed by atoms with Crippen LogP contribution >= 0.6 is 0 Å². The van der Waals surface area contributed by atoms with Gasteiger partial charge < -0.3 is 29.2 Å². The van der Waals surface area contributed by atoms with Crippen molar-refractivity contribution in [2.45, 2.75) is 38.8 Å². The molecule has 3 rings (SSSR count). The lowest BCUT2D eigenvalue weighted by Gasteiger charge is -2.31. The molecule has 0 spiro atoms. The quantitative estimate of drug-likeness (QED) is 0.286. The van der Waals surface area contributed by atoms with E-state index in [1.807, 2.05) is 54.6 Å². The smallest absolute Gasteiger partial charge is 0.261 e. The highest BCUT2D eigenvalue weighted by Crippen LogP contribution is 2.27. The third-order valence-electron chi connectivity index (χ3n) is 6.27. The molecule has 1 atom stereocenters. The summed E-state index contributed by atoms with van der Waals surface area (Å²) in [6.45, 7) is 2.55. The fourth-order valence-corrected chi connectivity index (χ4v) is 4.12. The second kappa shape index (κ2) is 15.3. The van der Waals surface area contributed by atoms with Gasteiger partial charge in [-0.1, -0.05) is 55.8 Å². The van der Waals surface area contributed by atoms with Crippen LogP contribution in [-0.4, -0.2) is 57.2 Å². The molecule has 0 aliphatic rings. The molecule has 208 valence electrons. The van der Waals surface area contributed by atoms with Crippen LogP contribution in [0.15, 0.2) is 72.8 Å². The van der Waals surface area contributed by atoms with Crippen molar-refractivity contribution in [3.05, 3.63) is 83.9 Å². The molecule has 8 nitrogen and oxygen atoms in total. The maximum absolute atomic E-state index is 13.8. The van der Waals surface area contributed by atoms with Crippen LogP contribution in [0.5, 0.6) is 23.0 Å². The maximum atomic E-state index is 13.8. The fourth-order valence-electron chi connectivity index (χ4n) is 4.12. The van der Waals surface area contributed by atoms with E-state index in [1.165, 1.54) is 0 Å². The average molecular weight is 535 g/mol. The molecule has 0 saturated heterocycles. The van der Waals surface area contributed by atoms with Crippen LogP contribution in [0.4, 0.5) is 0 Å². The van der Waals surface area contributed by atoms with E-state index in [0.717, 1.165) is 24.0 Å². The van der Waals surface area contributed by atoms with Crippen molar-refractivity contribution < 1.29 is 28.5 Å². The molecule has 0 aliphatic heterocycles. The number of hydrogen-bond acceptors (Lipinski definition) is 6. The Morgan fingerprint density at radius 2 is 1.44 bits per heavy atom. The second-order valence-corrected chi connectivity index (χ2v) is 9.06. The van der Waals surface area contributed by atoms with Crippen molar-refractivity contribution in [1.29, 1.82) is 0 Å². The Morgan fingerprint density at radius 3 is 2.08 bits per heavy atom. The van der Waals surface area contributed by atoms with Gasteiger partial charge >= 0.3 is 0 Å². The SMILES string of the molecule is CCCCNC(=O)C(Cc1ccccc1)N(Cc1cccc(OC)c1)C(=O)COc1cc(OC)cc(OC)c1. The average Bonchev–Trinajstić information content (AvgIpc) is 2.98. The third-order valence-corrected chi connectivity index (χ3v) is 6.27. The molecule has 0 saturated carbocycles. The highest BCUT2D eigenvalue weighted by Gasteiger charge is 2.30. The van der Waals surface area contributed by atoms with Crippen LogP contribution in [0, 0.1) is 0 Å². The van der Waals surface area contributed by atoms with E-state index in [0.29, 0.717) is 36.0 Å². The summed E-state index contributed by atoms with van der Waals surface area (Å²) in [5, 5.41) is 3.02. The number of carbonyl (C=O) groups excluding carboxylic acids is 2. The van der Waals surface area contributed by atoms with Gasteiger partial charge in [0.15, 0.2) is 6.61 Å². The van der Waals surface area contributed by atoms with Gasteiger partial charge in [-0.25, -0.2) is 0 Å². The Labute approximate surface area is 230 Å². The number of methoxy groups -OCH3 is 3. The van der Waals surface area contributed by atoms with E-state index in [4.69, 9.17) is 18.9 Å². The predicted octanol–water partition coefficient (Wildman–Crippen LogP) is 4.65. The Kier molecular flexibility index (Phi) is 11.5. The summed E-state index contributed by atoms with van der Waals surface area (Å²) in [7, 11) is 4.69. The van der Waals surface area contributed by atoms with Crippen molar-refractivity contribution in [3.63, 3.8) is 0 Å². The number of carbonyl (C=O) groups is 2. The van der Waals surface area contributed by atoms with E-state index < -0.39 is 6.04 Å². The summed E-state index contributed by atoms with van der Waals surface area (Å²) in [5.41, 5.74) is 1.79. The fraction of sp³-hybridized carbons (Fsp3) is 0.355. The Bertz CT molecular complexity index is 1180. The highest BCUT2D eigenvalue weighted by molar-refractivity contribution is 5.88. The van der Waals surface area contributed by atoms with Gasteiger partial charge in [0.2, 0.25) is 5.91 Å². The molecule has 0 radical (unpaired) electrons. The normalized spacial score (nSPS) is 11.3. The van der Waals surface area contributed by atoms with Crippen molar-refractivity contribution in [2.75, 3.05) is 34.5 Å². The predicted molar refractivity (Wildman–Crippen MR) is 150 cm³/mol. The van der Waals surface area contributed by atoms with Gasteiger partial charge in [0.05, 0.1) is 21.3 Å². The zero-order valence-corrected chi connectivity index (χ0v) is 23.1. The lowest BCUT2D eigenvalue weighted by Crippen LogP contribution is -2.51. The van der Waals surface area contributed by atoms with Crippen molar-refractivity contribution in [3.8, 4) is 23.0 Å². The lowest BCUT2D eigenvalue weighted by molar-refractivity contribution is -0.142. The van der Waals surface area contributed by atoms with Gasteiger partial charge in [-0.15, -0.1) is 0 Å². The molecule has 3 aromatic carbocycles. The number of ether oxygens (including phenoxy) is 4. The highest BCUT2D eigenvalue weighted by atomic mass is 16.5. The van der Waals surface area contributed by atoms with E-state index in [-0.39, 0.29) is 25.0 Å². The molecule has 1 N–H and O–H groups in total. The molecular weight excluding hydrogens is 496 g/mol. The van der Waals surface area contributed by atoms with Crippen LogP contribution in [0.3, 0.4) is 0 Å². The summed E-state index contributed by atoms with van der Waals surface area (Å²) < 4.78 is 21.9. The minimum absolute atomic E-state index is 0.202. The van der Waals surface area contributed by atoms with Gasteiger partial charge in [0, 0.05) is 37.7 Å². The summed E-state index contributed by atoms with van der Waals surface area (Å²) in [6, 6.07) is 21.5. The Morgan fingerprint density at radius 1 is 0.795 bits per heavy atom. The molecule has 1 unspecified atom stereocenters.